The Labute approximate surface area is 128 Å². The Morgan fingerprint density at radius 3 is 1.96 bits per heavy atom. The Balaban J connectivity index is 2.87. The van der Waals surface area contributed by atoms with E-state index in [1.807, 2.05) is 0 Å². The predicted molar refractivity (Wildman–Crippen MR) is 66.3 cm³/mol. The Morgan fingerprint density at radius 2 is 1.61 bits per heavy atom. The molecule has 0 atom stereocenters. The van der Waals surface area contributed by atoms with Crippen molar-refractivity contribution in [2.24, 2.45) is 0 Å². The van der Waals surface area contributed by atoms with Gasteiger partial charge in [-0.2, -0.15) is 22.0 Å². The van der Waals surface area contributed by atoms with Crippen molar-refractivity contribution < 1.29 is 46.8 Å². The highest BCUT2D eigenvalue weighted by atomic mass is 19.4. The minimum Gasteiger partial charge on any atom is -0.459 e. The first-order valence-corrected chi connectivity index (χ1v) is 6.64. The molecule has 1 aliphatic carbocycles. The number of halogens is 5. The molecule has 0 aromatic heterocycles. The third-order valence-corrected chi connectivity index (χ3v) is 3.80. The Morgan fingerprint density at radius 1 is 1.17 bits per heavy atom. The lowest BCUT2D eigenvalue weighted by Gasteiger charge is -2.45. The molecule has 1 saturated carbocycles. The molecule has 1 rings (SSSR count). The van der Waals surface area contributed by atoms with Gasteiger partial charge < -0.3 is 20.1 Å². The minimum atomic E-state index is -6.06. The number of hydrogen-bond acceptors (Lipinski definition) is 5. The zero-order chi connectivity index (χ0) is 18.3. The molecule has 1 fully saturated rings. The summed E-state index contributed by atoms with van der Waals surface area (Å²) in [4.78, 5) is 11.3. The summed E-state index contributed by atoms with van der Waals surface area (Å²) in [6.07, 6.45) is -9.48. The lowest BCUT2D eigenvalue weighted by Crippen LogP contribution is -2.69. The van der Waals surface area contributed by atoms with Gasteiger partial charge in [0, 0.05) is 5.57 Å². The SMILES string of the molecule is C=C(C)C(=O)OC1CCC(O)(C(F)(F)C(O)(O)C(F)(F)F)CC1. The lowest BCUT2D eigenvalue weighted by atomic mass is 9.76. The van der Waals surface area contributed by atoms with Gasteiger partial charge in [-0.05, 0) is 32.6 Å². The van der Waals surface area contributed by atoms with E-state index < -0.39 is 48.4 Å². The first-order valence-electron chi connectivity index (χ1n) is 6.64. The van der Waals surface area contributed by atoms with E-state index in [4.69, 9.17) is 14.9 Å². The van der Waals surface area contributed by atoms with Crippen LogP contribution < -0.4 is 0 Å². The molecule has 134 valence electrons. The molecular formula is C13H17F5O5. The summed E-state index contributed by atoms with van der Waals surface area (Å²) >= 11 is 0. The summed E-state index contributed by atoms with van der Waals surface area (Å²) in [7, 11) is 0. The van der Waals surface area contributed by atoms with Gasteiger partial charge in [0.1, 0.15) is 11.7 Å². The highest BCUT2D eigenvalue weighted by Crippen LogP contribution is 2.50. The van der Waals surface area contributed by atoms with Gasteiger partial charge >= 0.3 is 23.9 Å². The van der Waals surface area contributed by atoms with Crippen LogP contribution >= 0.6 is 0 Å². The summed E-state index contributed by atoms with van der Waals surface area (Å²) in [5.74, 6) is -11.4. The number of carbonyl (C=O) groups excluding carboxylic acids is 1. The van der Waals surface area contributed by atoms with Crippen LogP contribution in [0.15, 0.2) is 12.2 Å². The third kappa shape index (κ3) is 3.48. The second-order valence-electron chi connectivity index (χ2n) is 5.66. The van der Waals surface area contributed by atoms with Crippen LogP contribution in [0.25, 0.3) is 0 Å². The van der Waals surface area contributed by atoms with Crippen molar-refractivity contribution in [2.75, 3.05) is 0 Å². The Bertz CT molecular complexity index is 478. The average molecular weight is 348 g/mol. The van der Waals surface area contributed by atoms with E-state index in [-0.39, 0.29) is 18.4 Å². The zero-order valence-electron chi connectivity index (χ0n) is 12.2. The third-order valence-electron chi connectivity index (χ3n) is 3.80. The Hall–Kier alpha value is -1.26. The quantitative estimate of drug-likeness (QED) is 0.311. The molecule has 0 amide bonds. The van der Waals surface area contributed by atoms with Crippen molar-refractivity contribution in [1.29, 1.82) is 0 Å². The predicted octanol–water partition coefficient (Wildman–Crippen LogP) is 1.66. The zero-order valence-corrected chi connectivity index (χ0v) is 12.2. The number of rotatable bonds is 4. The minimum absolute atomic E-state index is 0.0537. The van der Waals surface area contributed by atoms with Gasteiger partial charge in [-0.3, -0.25) is 0 Å². The highest BCUT2D eigenvalue weighted by molar-refractivity contribution is 5.87. The lowest BCUT2D eigenvalue weighted by molar-refractivity contribution is -0.444. The largest absolute Gasteiger partial charge is 0.459 e. The molecular weight excluding hydrogens is 331 g/mol. The monoisotopic (exact) mass is 348 g/mol. The van der Waals surface area contributed by atoms with Crippen molar-refractivity contribution in [3.8, 4) is 0 Å². The molecule has 10 heteroatoms. The summed E-state index contributed by atoms with van der Waals surface area (Å²) < 4.78 is 69.9. The second-order valence-corrected chi connectivity index (χ2v) is 5.66. The molecule has 23 heavy (non-hydrogen) atoms. The van der Waals surface area contributed by atoms with Gasteiger partial charge in [-0.15, -0.1) is 0 Å². The standard InChI is InChI=1S/C13H17F5O5/c1-7(2)9(19)23-8-3-5-10(20,6-4-8)11(14,15)12(21,22)13(16,17)18/h8,20-22H,1,3-6H2,2H3. The van der Waals surface area contributed by atoms with E-state index in [9.17, 15) is 31.9 Å². The number of hydrogen-bond donors (Lipinski definition) is 3. The fraction of sp³-hybridized carbons (Fsp3) is 0.769. The van der Waals surface area contributed by atoms with E-state index >= 15 is 0 Å². The second kappa shape index (κ2) is 5.99. The number of aliphatic hydroxyl groups is 3. The number of carbonyl (C=O) groups is 1. The fourth-order valence-electron chi connectivity index (χ4n) is 2.26. The van der Waals surface area contributed by atoms with E-state index in [1.165, 1.54) is 6.92 Å². The van der Waals surface area contributed by atoms with Gasteiger partial charge in [-0.25, -0.2) is 4.79 Å². The molecule has 3 N–H and O–H groups in total. The smallest absolute Gasteiger partial charge is 0.449 e. The van der Waals surface area contributed by atoms with E-state index in [0.29, 0.717) is 0 Å². The van der Waals surface area contributed by atoms with Crippen LogP contribution in [0.4, 0.5) is 22.0 Å². The van der Waals surface area contributed by atoms with Gasteiger partial charge in [-0.1, -0.05) is 6.58 Å². The normalized spacial score (nSPS) is 26.7. The molecule has 0 bridgehead atoms. The summed E-state index contributed by atoms with van der Waals surface area (Å²) in [6.45, 7) is 4.66. The number of esters is 1. The molecule has 0 saturated heterocycles. The number of ether oxygens (including phenoxy) is 1. The van der Waals surface area contributed by atoms with Crippen molar-refractivity contribution >= 4 is 5.97 Å². The molecule has 0 spiro atoms. The maximum absolute atomic E-state index is 13.9. The van der Waals surface area contributed by atoms with Crippen LogP contribution in [0.2, 0.25) is 0 Å². The maximum Gasteiger partial charge on any atom is 0.449 e. The van der Waals surface area contributed by atoms with Gasteiger partial charge in [0.15, 0.2) is 0 Å². The van der Waals surface area contributed by atoms with Gasteiger partial charge in [0.25, 0.3) is 0 Å². The molecule has 0 radical (unpaired) electrons. The Kier molecular flexibility index (Phi) is 5.15. The average Bonchev–Trinajstić information content (AvgIpc) is 2.39. The molecule has 0 aliphatic heterocycles. The van der Waals surface area contributed by atoms with E-state index in [0.717, 1.165) is 0 Å². The van der Waals surface area contributed by atoms with Crippen LogP contribution in [0.1, 0.15) is 32.6 Å². The molecule has 1 aliphatic rings. The van der Waals surface area contributed by atoms with Crippen molar-refractivity contribution in [3.63, 3.8) is 0 Å². The summed E-state index contributed by atoms with van der Waals surface area (Å²) in [6, 6.07) is 0. The van der Waals surface area contributed by atoms with Crippen LogP contribution in [0.3, 0.4) is 0 Å². The maximum atomic E-state index is 13.9. The topological polar surface area (TPSA) is 87.0 Å². The van der Waals surface area contributed by atoms with Gasteiger partial charge in [0.2, 0.25) is 0 Å². The van der Waals surface area contributed by atoms with Crippen LogP contribution in [-0.4, -0.2) is 50.9 Å². The van der Waals surface area contributed by atoms with Crippen molar-refractivity contribution in [1.82, 2.24) is 0 Å². The molecule has 5 nitrogen and oxygen atoms in total. The molecule has 0 unspecified atom stereocenters. The van der Waals surface area contributed by atoms with Crippen LogP contribution in [0, 0.1) is 0 Å². The van der Waals surface area contributed by atoms with Crippen LogP contribution in [0.5, 0.6) is 0 Å². The molecule has 0 aromatic rings. The molecule has 0 heterocycles. The fourth-order valence-corrected chi connectivity index (χ4v) is 2.26. The van der Waals surface area contributed by atoms with E-state index in [1.54, 1.807) is 0 Å². The van der Waals surface area contributed by atoms with Gasteiger partial charge in [0.05, 0.1) is 0 Å². The summed E-state index contributed by atoms with van der Waals surface area (Å²) in [5, 5.41) is 27.4. The first-order chi connectivity index (χ1) is 10.2. The van der Waals surface area contributed by atoms with Crippen molar-refractivity contribution in [3.05, 3.63) is 12.2 Å². The molecule has 0 aromatic carbocycles. The highest BCUT2D eigenvalue weighted by Gasteiger charge is 2.76. The van der Waals surface area contributed by atoms with Crippen molar-refractivity contribution in [2.45, 2.75) is 62.2 Å². The van der Waals surface area contributed by atoms with Crippen LogP contribution in [-0.2, 0) is 9.53 Å². The first kappa shape index (κ1) is 19.8. The summed E-state index contributed by atoms with van der Waals surface area (Å²) in [5.41, 5.74) is -3.24. The number of alkyl halides is 5. The van der Waals surface area contributed by atoms with E-state index in [2.05, 4.69) is 6.58 Å².